The zero-order valence-corrected chi connectivity index (χ0v) is 16.8. The Kier molecular flexibility index (Phi) is 5.41. The first-order valence-corrected chi connectivity index (χ1v) is 9.40. The van der Waals surface area contributed by atoms with Gasteiger partial charge in [-0.1, -0.05) is 35.5 Å². The predicted molar refractivity (Wildman–Crippen MR) is 113 cm³/mol. The Morgan fingerprint density at radius 3 is 2.52 bits per heavy atom. The van der Waals surface area contributed by atoms with Crippen molar-refractivity contribution in [3.05, 3.63) is 83.2 Å². The fraction of sp³-hybridized carbons (Fsp3) is 0.0870. The number of benzene rings is 2. The molecule has 1 amide bonds. The van der Waals surface area contributed by atoms with Crippen molar-refractivity contribution < 1.29 is 14.1 Å². The fourth-order valence-corrected chi connectivity index (χ4v) is 2.96. The van der Waals surface area contributed by atoms with Gasteiger partial charge in [0, 0.05) is 17.3 Å². The average molecular weight is 411 g/mol. The van der Waals surface area contributed by atoms with Crippen LogP contribution in [0.3, 0.4) is 0 Å². The van der Waals surface area contributed by atoms with Crippen LogP contribution in [0, 0.1) is 25.2 Å². The smallest absolute Gasteiger partial charge is 0.263 e. The van der Waals surface area contributed by atoms with E-state index < -0.39 is 5.91 Å². The van der Waals surface area contributed by atoms with E-state index in [0.29, 0.717) is 34.0 Å². The lowest BCUT2D eigenvalue weighted by Crippen LogP contribution is -2.16. The van der Waals surface area contributed by atoms with E-state index in [9.17, 15) is 4.79 Å². The van der Waals surface area contributed by atoms with E-state index in [1.165, 1.54) is 0 Å². The number of hydrogen-bond acceptors (Lipinski definition) is 7. The van der Waals surface area contributed by atoms with Gasteiger partial charge in [0.15, 0.2) is 0 Å². The van der Waals surface area contributed by atoms with Crippen LogP contribution in [-0.2, 0) is 0 Å². The van der Waals surface area contributed by atoms with Crippen LogP contribution in [0.5, 0.6) is 11.6 Å². The molecule has 0 spiro atoms. The third kappa shape index (κ3) is 4.41. The molecule has 0 fully saturated rings. The zero-order chi connectivity index (χ0) is 21.8. The summed E-state index contributed by atoms with van der Waals surface area (Å²) in [5, 5.41) is 15.6. The second-order valence-electron chi connectivity index (χ2n) is 6.69. The number of ether oxygens (including phenoxy) is 1. The molecule has 4 rings (SSSR count). The average Bonchev–Trinajstić information content (AvgIpc) is 3.16. The normalized spacial score (nSPS) is 10.4. The number of amides is 1. The number of aryl methyl sites for hydroxylation is 2. The lowest BCUT2D eigenvalue weighted by Gasteiger charge is -2.09. The highest BCUT2D eigenvalue weighted by atomic mass is 16.5. The lowest BCUT2D eigenvalue weighted by molar-refractivity contribution is 0.102. The van der Waals surface area contributed by atoms with Gasteiger partial charge >= 0.3 is 0 Å². The summed E-state index contributed by atoms with van der Waals surface area (Å²) in [6.07, 6.45) is 0. The Morgan fingerprint density at radius 2 is 1.81 bits per heavy atom. The van der Waals surface area contributed by atoms with Gasteiger partial charge < -0.3 is 9.26 Å². The molecule has 8 nitrogen and oxygen atoms in total. The van der Waals surface area contributed by atoms with Crippen LogP contribution in [0.2, 0.25) is 0 Å². The molecule has 2 aromatic heterocycles. The quantitative estimate of drug-likeness (QED) is 0.508. The zero-order valence-electron chi connectivity index (χ0n) is 16.8. The van der Waals surface area contributed by atoms with Gasteiger partial charge in [0.2, 0.25) is 11.8 Å². The van der Waals surface area contributed by atoms with Gasteiger partial charge in [-0.2, -0.15) is 10.2 Å². The summed E-state index contributed by atoms with van der Waals surface area (Å²) in [4.78, 5) is 21.5. The van der Waals surface area contributed by atoms with Crippen molar-refractivity contribution in [2.24, 2.45) is 0 Å². The summed E-state index contributed by atoms with van der Waals surface area (Å²) in [5.74, 6) is 0.812. The van der Waals surface area contributed by atoms with Crippen LogP contribution in [0.1, 0.15) is 27.4 Å². The Hall–Kier alpha value is -4.51. The molecule has 0 aliphatic rings. The monoisotopic (exact) mass is 411 g/mol. The molecule has 0 saturated carbocycles. The van der Waals surface area contributed by atoms with E-state index in [0.717, 1.165) is 5.56 Å². The minimum atomic E-state index is -0.437. The molecule has 0 bridgehead atoms. The van der Waals surface area contributed by atoms with Gasteiger partial charge in [-0.05, 0) is 38.1 Å². The van der Waals surface area contributed by atoms with Crippen LogP contribution >= 0.6 is 0 Å². The summed E-state index contributed by atoms with van der Waals surface area (Å²) in [5.41, 5.74) is 2.65. The first-order valence-electron chi connectivity index (χ1n) is 9.40. The van der Waals surface area contributed by atoms with E-state index in [1.807, 2.05) is 30.3 Å². The molecule has 1 N–H and O–H groups in total. The summed E-state index contributed by atoms with van der Waals surface area (Å²) < 4.78 is 11.0. The molecule has 152 valence electrons. The number of carbonyl (C=O) groups is 1. The number of anilines is 1. The molecule has 2 heterocycles. The Morgan fingerprint density at radius 1 is 1.06 bits per heavy atom. The second-order valence-corrected chi connectivity index (χ2v) is 6.69. The van der Waals surface area contributed by atoms with Gasteiger partial charge in [-0.15, -0.1) is 0 Å². The third-order valence-electron chi connectivity index (χ3n) is 4.40. The maximum absolute atomic E-state index is 13.0. The van der Waals surface area contributed by atoms with Crippen LogP contribution < -0.4 is 10.1 Å². The van der Waals surface area contributed by atoms with Crippen molar-refractivity contribution in [3.8, 4) is 29.0 Å². The van der Waals surface area contributed by atoms with E-state index in [-0.39, 0.29) is 11.8 Å². The predicted octanol–water partition coefficient (Wildman–Crippen LogP) is 4.66. The summed E-state index contributed by atoms with van der Waals surface area (Å²) in [6.45, 7) is 3.44. The molecular formula is C23H17N5O3. The van der Waals surface area contributed by atoms with Gasteiger partial charge in [0.1, 0.15) is 22.8 Å². The van der Waals surface area contributed by atoms with Crippen LogP contribution in [0.25, 0.3) is 11.3 Å². The largest absolute Gasteiger partial charge is 0.439 e. The van der Waals surface area contributed by atoms with Crippen molar-refractivity contribution in [1.82, 2.24) is 15.1 Å². The molecule has 8 heteroatoms. The SMILES string of the molecule is Cc1cc(Oc2ccc(C#N)cc2)nc(NC(=O)c2c(-c3ccccc3)noc2C)n1. The highest BCUT2D eigenvalue weighted by Crippen LogP contribution is 2.26. The van der Waals surface area contributed by atoms with E-state index >= 15 is 0 Å². The molecule has 2 aromatic carbocycles. The fourth-order valence-electron chi connectivity index (χ4n) is 2.96. The minimum absolute atomic E-state index is 0.0910. The number of aromatic nitrogens is 3. The van der Waals surface area contributed by atoms with Gasteiger partial charge in [-0.3, -0.25) is 10.1 Å². The highest BCUT2D eigenvalue weighted by molar-refractivity contribution is 6.08. The molecule has 0 atom stereocenters. The number of nitrogens with one attached hydrogen (secondary N) is 1. The molecule has 0 radical (unpaired) electrons. The maximum Gasteiger partial charge on any atom is 0.263 e. The molecule has 0 aliphatic carbocycles. The number of rotatable bonds is 5. The first kappa shape index (κ1) is 19.8. The van der Waals surface area contributed by atoms with Crippen molar-refractivity contribution in [3.63, 3.8) is 0 Å². The summed E-state index contributed by atoms with van der Waals surface area (Å²) in [6, 6.07) is 19.6. The van der Waals surface area contributed by atoms with Gasteiger partial charge in [0.25, 0.3) is 5.91 Å². The molecule has 0 aliphatic heterocycles. The van der Waals surface area contributed by atoms with E-state index in [4.69, 9.17) is 14.5 Å². The van der Waals surface area contributed by atoms with Gasteiger partial charge in [0.05, 0.1) is 11.6 Å². The van der Waals surface area contributed by atoms with E-state index in [1.54, 1.807) is 44.2 Å². The number of nitrogens with zero attached hydrogens (tertiary/aromatic N) is 4. The molecular weight excluding hydrogens is 394 g/mol. The summed E-state index contributed by atoms with van der Waals surface area (Å²) >= 11 is 0. The van der Waals surface area contributed by atoms with E-state index in [2.05, 4.69) is 26.5 Å². The molecule has 0 unspecified atom stereocenters. The Bertz CT molecular complexity index is 1280. The Labute approximate surface area is 178 Å². The molecule has 31 heavy (non-hydrogen) atoms. The maximum atomic E-state index is 13.0. The Balaban J connectivity index is 1.58. The van der Waals surface area contributed by atoms with Crippen molar-refractivity contribution in [2.75, 3.05) is 5.32 Å². The van der Waals surface area contributed by atoms with Crippen molar-refractivity contribution in [2.45, 2.75) is 13.8 Å². The van der Waals surface area contributed by atoms with Crippen molar-refractivity contribution >= 4 is 11.9 Å². The van der Waals surface area contributed by atoms with Crippen molar-refractivity contribution in [1.29, 1.82) is 5.26 Å². The highest BCUT2D eigenvalue weighted by Gasteiger charge is 2.22. The number of carbonyl (C=O) groups excluding carboxylic acids is 1. The van der Waals surface area contributed by atoms with Crippen LogP contribution in [0.15, 0.2) is 65.2 Å². The summed E-state index contributed by atoms with van der Waals surface area (Å²) in [7, 11) is 0. The van der Waals surface area contributed by atoms with Gasteiger partial charge in [-0.25, -0.2) is 4.98 Å². The molecule has 0 saturated heterocycles. The minimum Gasteiger partial charge on any atom is -0.439 e. The molecule has 4 aromatic rings. The number of nitriles is 1. The number of hydrogen-bond donors (Lipinski definition) is 1. The second kappa shape index (κ2) is 8.47. The lowest BCUT2D eigenvalue weighted by atomic mass is 10.1. The third-order valence-corrected chi connectivity index (χ3v) is 4.40. The van der Waals surface area contributed by atoms with Crippen LogP contribution in [-0.4, -0.2) is 21.0 Å². The standard InChI is InChI=1S/C23H17N5O3/c1-14-12-19(30-18-10-8-16(13-24)9-11-18)26-23(25-14)27-22(29)20-15(2)31-28-21(20)17-6-4-3-5-7-17/h3-12H,1-2H3,(H,25,26,27,29). The van der Waals surface area contributed by atoms with Crippen LogP contribution in [0.4, 0.5) is 5.95 Å². The first-order chi connectivity index (χ1) is 15.0. The topological polar surface area (TPSA) is 114 Å².